The molecule has 19 heavy (non-hydrogen) atoms. The van der Waals surface area contributed by atoms with Crippen molar-refractivity contribution < 1.29 is 9.47 Å². The first kappa shape index (κ1) is 11.1. The van der Waals surface area contributed by atoms with Crippen molar-refractivity contribution in [1.29, 1.82) is 0 Å². The quantitative estimate of drug-likeness (QED) is 0.840. The lowest BCUT2D eigenvalue weighted by atomic mass is 9.95. The molecule has 0 atom stereocenters. The van der Waals surface area contributed by atoms with Gasteiger partial charge in [-0.3, -0.25) is 4.99 Å². The molecule has 0 fully saturated rings. The van der Waals surface area contributed by atoms with E-state index >= 15 is 0 Å². The number of ether oxygens (including phenoxy) is 2. The van der Waals surface area contributed by atoms with Gasteiger partial charge in [-0.05, 0) is 35.6 Å². The molecule has 0 aliphatic carbocycles. The van der Waals surface area contributed by atoms with Gasteiger partial charge in [0.05, 0.1) is 0 Å². The van der Waals surface area contributed by atoms with E-state index in [1.54, 1.807) is 11.3 Å². The Bertz CT molecular complexity index is 646. The minimum atomic E-state index is 0.329. The molecule has 0 amide bonds. The first-order valence-corrected chi connectivity index (χ1v) is 7.27. The maximum Gasteiger partial charge on any atom is 0.231 e. The normalized spacial score (nSPS) is 16.1. The Morgan fingerprint density at radius 2 is 2.11 bits per heavy atom. The largest absolute Gasteiger partial charge is 0.454 e. The van der Waals surface area contributed by atoms with E-state index in [4.69, 9.17) is 14.5 Å². The summed E-state index contributed by atoms with van der Waals surface area (Å²) < 4.78 is 10.9. The van der Waals surface area contributed by atoms with Crippen molar-refractivity contribution in [2.24, 2.45) is 4.99 Å². The molecule has 0 saturated heterocycles. The van der Waals surface area contributed by atoms with E-state index in [1.165, 1.54) is 21.7 Å². The molecule has 0 radical (unpaired) electrons. The summed E-state index contributed by atoms with van der Waals surface area (Å²) in [6, 6.07) is 8.45. The van der Waals surface area contributed by atoms with Crippen LogP contribution in [0, 0.1) is 0 Å². The van der Waals surface area contributed by atoms with Crippen molar-refractivity contribution in [1.82, 2.24) is 0 Å². The highest BCUT2D eigenvalue weighted by atomic mass is 32.1. The molecule has 2 aromatic rings. The number of benzene rings is 1. The molecule has 0 unspecified atom stereocenters. The van der Waals surface area contributed by atoms with Gasteiger partial charge in [-0.1, -0.05) is 6.07 Å². The minimum absolute atomic E-state index is 0.329. The molecule has 2 aliphatic heterocycles. The number of thiophene rings is 1. The van der Waals surface area contributed by atoms with Gasteiger partial charge in [-0.2, -0.15) is 0 Å². The lowest BCUT2D eigenvalue weighted by molar-refractivity contribution is 0.174. The summed E-state index contributed by atoms with van der Waals surface area (Å²) in [5, 5.41) is 2.11. The smallest absolute Gasteiger partial charge is 0.231 e. The van der Waals surface area contributed by atoms with Crippen LogP contribution in [0.4, 0.5) is 0 Å². The van der Waals surface area contributed by atoms with E-state index in [2.05, 4.69) is 29.6 Å². The Morgan fingerprint density at radius 1 is 1.21 bits per heavy atom. The molecule has 96 valence electrons. The molecule has 1 aromatic heterocycles. The molecule has 3 heterocycles. The summed E-state index contributed by atoms with van der Waals surface area (Å²) in [6.45, 7) is 1.20. The fraction of sp³-hybridized carbons (Fsp3) is 0.267. The fourth-order valence-electron chi connectivity index (χ4n) is 2.59. The van der Waals surface area contributed by atoms with Crippen LogP contribution < -0.4 is 9.47 Å². The maximum atomic E-state index is 5.47. The van der Waals surface area contributed by atoms with Crippen molar-refractivity contribution >= 4 is 17.0 Å². The van der Waals surface area contributed by atoms with Crippen LogP contribution in [0.25, 0.3) is 0 Å². The van der Waals surface area contributed by atoms with Crippen molar-refractivity contribution in [3.8, 4) is 11.5 Å². The first-order chi connectivity index (χ1) is 9.40. The fourth-order valence-corrected chi connectivity index (χ4v) is 3.29. The lowest BCUT2D eigenvalue weighted by Gasteiger charge is -2.17. The van der Waals surface area contributed by atoms with Gasteiger partial charge in [0.15, 0.2) is 11.5 Å². The minimum Gasteiger partial charge on any atom is -0.454 e. The Kier molecular flexibility index (Phi) is 2.55. The third-order valence-electron chi connectivity index (χ3n) is 3.51. The van der Waals surface area contributed by atoms with Crippen LogP contribution in [0.1, 0.15) is 16.0 Å². The summed E-state index contributed by atoms with van der Waals surface area (Å²) in [7, 11) is 0. The van der Waals surface area contributed by atoms with E-state index in [9.17, 15) is 0 Å². The molecule has 3 nitrogen and oxygen atoms in total. The Balaban J connectivity index is 1.74. The van der Waals surface area contributed by atoms with Gasteiger partial charge < -0.3 is 9.47 Å². The maximum absolute atomic E-state index is 5.47. The molecule has 0 saturated carbocycles. The van der Waals surface area contributed by atoms with Crippen LogP contribution in [-0.2, 0) is 12.8 Å². The number of rotatable bonds is 2. The van der Waals surface area contributed by atoms with E-state index in [0.717, 1.165) is 30.9 Å². The highest BCUT2D eigenvalue weighted by molar-refractivity contribution is 7.10. The number of nitrogens with zero attached hydrogens (tertiary/aromatic N) is 1. The van der Waals surface area contributed by atoms with Crippen molar-refractivity contribution in [2.75, 3.05) is 13.3 Å². The van der Waals surface area contributed by atoms with Crippen LogP contribution in [0.2, 0.25) is 0 Å². The second-order valence-electron chi connectivity index (χ2n) is 4.70. The standard InChI is InChI=1S/C15H13NO2S/c1-2-11(19-5-1)7-13-12-8-15-14(17-9-18-15)6-10(12)3-4-16-13/h1-2,5-6,8H,3-4,7,9H2. The summed E-state index contributed by atoms with van der Waals surface area (Å²) in [5.74, 6) is 1.72. The zero-order valence-corrected chi connectivity index (χ0v) is 11.2. The summed E-state index contributed by atoms with van der Waals surface area (Å²) >= 11 is 1.78. The molecular weight excluding hydrogens is 258 g/mol. The van der Waals surface area contributed by atoms with E-state index in [0.29, 0.717) is 6.79 Å². The Hall–Kier alpha value is -1.81. The average molecular weight is 271 g/mol. The Morgan fingerprint density at radius 3 is 2.95 bits per heavy atom. The predicted molar refractivity (Wildman–Crippen MR) is 75.7 cm³/mol. The van der Waals surface area contributed by atoms with Gasteiger partial charge in [-0.15, -0.1) is 11.3 Å². The number of hydrogen-bond donors (Lipinski definition) is 0. The van der Waals surface area contributed by atoms with Gasteiger partial charge in [0.1, 0.15) is 0 Å². The summed E-state index contributed by atoms with van der Waals surface area (Å²) in [5.41, 5.74) is 3.72. The molecule has 0 N–H and O–H groups in total. The monoisotopic (exact) mass is 271 g/mol. The second-order valence-corrected chi connectivity index (χ2v) is 5.73. The van der Waals surface area contributed by atoms with Gasteiger partial charge in [-0.25, -0.2) is 0 Å². The van der Waals surface area contributed by atoms with Crippen LogP contribution >= 0.6 is 11.3 Å². The third-order valence-corrected chi connectivity index (χ3v) is 4.39. The topological polar surface area (TPSA) is 30.8 Å². The molecular formula is C15H13NO2S. The highest BCUT2D eigenvalue weighted by Crippen LogP contribution is 2.36. The average Bonchev–Trinajstić information content (AvgIpc) is 3.07. The second kappa shape index (κ2) is 4.38. The van der Waals surface area contributed by atoms with Crippen molar-refractivity contribution in [3.63, 3.8) is 0 Å². The number of hydrogen-bond acceptors (Lipinski definition) is 4. The van der Waals surface area contributed by atoms with Gasteiger partial charge >= 0.3 is 0 Å². The van der Waals surface area contributed by atoms with E-state index in [-0.39, 0.29) is 0 Å². The van der Waals surface area contributed by atoms with Crippen LogP contribution in [-0.4, -0.2) is 19.0 Å². The summed E-state index contributed by atoms with van der Waals surface area (Å²) in [6.07, 6.45) is 1.89. The zero-order chi connectivity index (χ0) is 12.7. The highest BCUT2D eigenvalue weighted by Gasteiger charge is 2.21. The number of aliphatic imine (C=N–C) groups is 1. The van der Waals surface area contributed by atoms with Crippen LogP contribution in [0.5, 0.6) is 11.5 Å². The van der Waals surface area contributed by atoms with E-state index in [1.807, 2.05) is 0 Å². The first-order valence-electron chi connectivity index (χ1n) is 6.39. The van der Waals surface area contributed by atoms with Crippen molar-refractivity contribution in [2.45, 2.75) is 12.8 Å². The molecule has 0 spiro atoms. The Labute approximate surface area is 115 Å². The zero-order valence-electron chi connectivity index (χ0n) is 10.4. The summed E-state index contributed by atoms with van der Waals surface area (Å²) in [4.78, 5) is 6.05. The van der Waals surface area contributed by atoms with Gasteiger partial charge in [0.25, 0.3) is 0 Å². The van der Waals surface area contributed by atoms with E-state index < -0.39 is 0 Å². The molecule has 1 aromatic carbocycles. The predicted octanol–water partition coefficient (Wildman–Crippen LogP) is 3.06. The number of fused-ring (bicyclic) bond motifs is 2. The molecule has 0 bridgehead atoms. The third kappa shape index (κ3) is 1.92. The van der Waals surface area contributed by atoms with Crippen LogP contribution in [0.15, 0.2) is 34.6 Å². The molecule has 4 heteroatoms. The molecule has 4 rings (SSSR count). The van der Waals surface area contributed by atoms with Crippen LogP contribution in [0.3, 0.4) is 0 Å². The SMILES string of the molecule is c1csc(CC2=NCCc3cc4c(cc32)OCO4)c1. The lowest BCUT2D eigenvalue weighted by Crippen LogP contribution is -2.14. The van der Waals surface area contributed by atoms with Gasteiger partial charge in [0, 0.05) is 29.1 Å². The van der Waals surface area contributed by atoms with Crippen molar-refractivity contribution in [3.05, 3.63) is 45.6 Å². The molecule has 2 aliphatic rings. The van der Waals surface area contributed by atoms with Gasteiger partial charge in [0.2, 0.25) is 6.79 Å².